The van der Waals surface area contributed by atoms with E-state index in [0.717, 1.165) is 6.33 Å². The minimum Gasteiger partial charge on any atom is -0.387 e. The second-order valence-electron chi connectivity index (χ2n) is 5.47. The maximum absolute atomic E-state index is 11.5. The zero-order valence-corrected chi connectivity index (χ0v) is 18.0. The van der Waals surface area contributed by atoms with Gasteiger partial charge in [0.15, 0.2) is 17.7 Å². The Morgan fingerprint density at radius 3 is 2.50 bits per heavy atom. The predicted molar refractivity (Wildman–Crippen MR) is 84.6 cm³/mol. The molecule has 0 spiro atoms. The van der Waals surface area contributed by atoms with E-state index < -0.39 is 46.8 Å². The molecule has 1 unspecified atom stereocenters. The molecule has 2 aromatic rings. The summed E-state index contributed by atoms with van der Waals surface area (Å²) in [6, 6.07) is 0. The number of anilines is 1. The van der Waals surface area contributed by atoms with Gasteiger partial charge in [-0.25, -0.2) is 24.1 Å². The van der Waals surface area contributed by atoms with Crippen LogP contribution in [0.5, 0.6) is 0 Å². The summed E-state index contributed by atoms with van der Waals surface area (Å²) in [7, 11) is -10.4. The normalized spacial score (nSPS) is 27.5. The average molecular weight is 450 g/mol. The molecule has 0 aromatic carbocycles. The number of rotatable bonds is 6. The molecule has 1 aliphatic heterocycles. The Balaban J connectivity index is 0.00000280. The maximum atomic E-state index is 11.5. The third-order valence-corrected chi connectivity index (χ3v) is 5.76. The van der Waals surface area contributed by atoms with Crippen molar-refractivity contribution in [3.63, 3.8) is 0 Å². The number of imidazole rings is 1. The number of nitrogen functional groups attached to an aromatic ring is 1. The van der Waals surface area contributed by atoms with Crippen LogP contribution >= 0.6 is 15.6 Å². The summed E-state index contributed by atoms with van der Waals surface area (Å²) < 4.78 is 36.8. The summed E-state index contributed by atoms with van der Waals surface area (Å²) in [5.74, 6) is 0.0856. The number of nitrogens with two attached hydrogens (primary N) is 1. The van der Waals surface area contributed by atoms with Crippen molar-refractivity contribution in [2.45, 2.75) is 24.5 Å². The van der Waals surface area contributed by atoms with Crippen LogP contribution in [0, 0.1) is 0 Å². The molecule has 7 N–H and O–H groups in total. The van der Waals surface area contributed by atoms with Crippen molar-refractivity contribution in [2.24, 2.45) is 0 Å². The summed E-state index contributed by atoms with van der Waals surface area (Å²) in [4.78, 5) is 38.1. The van der Waals surface area contributed by atoms with Crippen molar-refractivity contribution in [3.8, 4) is 0 Å². The fraction of sp³-hybridized carbons (Fsp3) is 0.500. The third kappa shape index (κ3) is 5.15. The van der Waals surface area contributed by atoms with E-state index in [2.05, 4.69) is 23.8 Å². The predicted octanol–water partition coefficient (Wildman–Crippen LogP) is -4.74. The van der Waals surface area contributed by atoms with E-state index in [1.807, 2.05) is 0 Å². The second kappa shape index (κ2) is 8.70. The number of fused-ring (bicyclic) bond motifs is 1. The van der Waals surface area contributed by atoms with Gasteiger partial charge in [-0.1, -0.05) is 0 Å². The average Bonchev–Trinajstić information content (AvgIpc) is 3.07. The van der Waals surface area contributed by atoms with Crippen molar-refractivity contribution in [1.82, 2.24) is 19.5 Å². The van der Waals surface area contributed by atoms with E-state index in [4.69, 9.17) is 20.3 Å². The van der Waals surface area contributed by atoms with E-state index in [1.54, 1.807) is 0 Å². The van der Waals surface area contributed by atoms with Gasteiger partial charge in [0.2, 0.25) is 0 Å². The first-order valence-electron chi connectivity index (χ1n) is 7.17. The standard InChI is InChI=1S/C10H15N5O10P2.Na/c11-8-5-9(13-2-12-8)15(3-14-5)10-7(17)6(16)4(24-10)1-23-27(21,22)25-26(18,19)20;/h2-4,6-7,10,16-17H,1H2,(H,21,22)(H2,11,12,13)(H2,18,19,20);/q;+1/t4-,6-,7-,10-;/m1./s1. The number of nitrogens with zero attached hydrogens (tertiary/aromatic N) is 4. The van der Waals surface area contributed by atoms with Crippen LogP contribution < -0.4 is 35.3 Å². The van der Waals surface area contributed by atoms with Crippen LogP contribution in [0.4, 0.5) is 5.82 Å². The van der Waals surface area contributed by atoms with Gasteiger partial charge in [-0.2, -0.15) is 4.31 Å². The Hall–Kier alpha value is -0.510. The van der Waals surface area contributed by atoms with Gasteiger partial charge in [-0.3, -0.25) is 9.09 Å². The van der Waals surface area contributed by atoms with Gasteiger partial charge in [0.1, 0.15) is 30.2 Å². The van der Waals surface area contributed by atoms with Crippen LogP contribution in [0.2, 0.25) is 0 Å². The van der Waals surface area contributed by atoms with Gasteiger partial charge in [-0.05, 0) is 0 Å². The van der Waals surface area contributed by atoms with E-state index in [9.17, 15) is 24.2 Å². The van der Waals surface area contributed by atoms with Crippen LogP contribution in [0.25, 0.3) is 11.2 Å². The first-order chi connectivity index (χ1) is 12.5. The summed E-state index contributed by atoms with van der Waals surface area (Å²) in [5.41, 5.74) is 6.11. The second-order valence-corrected chi connectivity index (χ2v) is 8.30. The van der Waals surface area contributed by atoms with Gasteiger partial charge in [-0.15, -0.1) is 0 Å². The zero-order chi connectivity index (χ0) is 20.0. The summed E-state index contributed by atoms with van der Waals surface area (Å²) >= 11 is 0. The van der Waals surface area contributed by atoms with Crippen molar-refractivity contribution in [3.05, 3.63) is 12.7 Å². The molecule has 3 rings (SSSR count). The van der Waals surface area contributed by atoms with Gasteiger partial charge in [0, 0.05) is 0 Å². The number of aromatic nitrogens is 4. The Morgan fingerprint density at radius 2 is 1.86 bits per heavy atom. The fourth-order valence-corrected chi connectivity index (χ4v) is 4.08. The fourth-order valence-electron chi connectivity index (χ4n) is 2.48. The molecule has 28 heavy (non-hydrogen) atoms. The molecule has 0 bridgehead atoms. The zero-order valence-electron chi connectivity index (χ0n) is 14.2. The van der Waals surface area contributed by atoms with E-state index >= 15 is 0 Å². The third-order valence-electron chi connectivity index (χ3n) is 3.61. The molecule has 1 saturated heterocycles. The van der Waals surface area contributed by atoms with Crippen LogP contribution in [-0.2, 0) is 22.7 Å². The first kappa shape index (κ1) is 23.8. The molecular formula is C10H15N5NaO10P2+. The molecule has 5 atom stereocenters. The van der Waals surface area contributed by atoms with E-state index in [0.29, 0.717) is 0 Å². The minimum atomic E-state index is -5.29. The summed E-state index contributed by atoms with van der Waals surface area (Å²) in [5, 5.41) is 20.3. The van der Waals surface area contributed by atoms with Crippen molar-refractivity contribution < 1.29 is 77.2 Å². The molecule has 0 saturated carbocycles. The first-order valence-corrected chi connectivity index (χ1v) is 10.2. The van der Waals surface area contributed by atoms with Crippen molar-refractivity contribution >= 4 is 32.6 Å². The van der Waals surface area contributed by atoms with Crippen LogP contribution in [0.3, 0.4) is 0 Å². The molecule has 0 radical (unpaired) electrons. The maximum Gasteiger partial charge on any atom is 1.00 e. The van der Waals surface area contributed by atoms with Crippen molar-refractivity contribution in [2.75, 3.05) is 12.3 Å². The number of hydrogen-bond donors (Lipinski definition) is 6. The Kier molecular flexibility index (Phi) is 7.38. The SMILES string of the molecule is Nc1ncnc2c1ncn2[C@@H]1O[C@H](COP(=O)(O)OP(=O)(O)O)[C@@H](O)[C@H]1O.[Na+]. The number of phosphoric acid groups is 2. The number of ether oxygens (including phenoxy) is 1. The van der Waals surface area contributed by atoms with Gasteiger partial charge < -0.3 is 35.4 Å². The number of phosphoric ester groups is 1. The van der Waals surface area contributed by atoms with Crippen LogP contribution in [0.15, 0.2) is 12.7 Å². The monoisotopic (exact) mass is 450 g/mol. The van der Waals surface area contributed by atoms with Crippen LogP contribution in [0.1, 0.15) is 6.23 Å². The Bertz CT molecular complexity index is 938. The molecule has 15 nitrogen and oxygen atoms in total. The quantitative estimate of drug-likeness (QED) is 0.179. The topological polar surface area (TPSA) is 233 Å². The minimum absolute atomic E-state index is 0. The number of hydrogen-bond acceptors (Lipinski definition) is 11. The molecule has 1 fully saturated rings. The smallest absolute Gasteiger partial charge is 0.387 e. The van der Waals surface area contributed by atoms with Gasteiger partial charge in [0.25, 0.3) is 0 Å². The van der Waals surface area contributed by atoms with Gasteiger partial charge in [0.05, 0.1) is 12.9 Å². The number of aliphatic hydroxyl groups excluding tert-OH is 2. The molecule has 150 valence electrons. The molecule has 3 heterocycles. The summed E-state index contributed by atoms with van der Waals surface area (Å²) in [6.45, 7) is -0.813. The Labute approximate surface area is 178 Å². The van der Waals surface area contributed by atoms with Crippen molar-refractivity contribution in [1.29, 1.82) is 0 Å². The molecule has 18 heteroatoms. The molecule has 2 aromatic heterocycles. The van der Waals surface area contributed by atoms with Gasteiger partial charge >= 0.3 is 45.2 Å². The Morgan fingerprint density at radius 1 is 1.18 bits per heavy atom. The molecular weight excluding hydrogens is 435 g/mol. The number of aliphatic hydroxyl groups is 2. The van der Waals surface area contributed by atoms with E-state index in [1.165, 1.54) is 10.9 Å². The molecule has 1 aliphatic rings. The molecule has 0 aliphatic carbocycles. The van der Waals surface area contributed by atoms with Crippen LogP contribution in [-0.4, -0.2) is 69.3 Å². The summed E-state index contributed by atoms with van der Waals surface area (Å²) in [6.07, 6.45) is -3.20. The molecule has 0 amide bonds. The largest absolute Gasteiger partial charge is 1.00 e. The van der Waals surface area contributed by atoms with E-state index in [-0.39, 0.29) is 46.5 Å².